The van der Waals surface area contributed by atoms with E-state index >= 15 is 0 Å². The van der Waals surface area contributed by atoms with Crippen molar-refractivity contribution < 1.29 is 4.79 Å². The summed E-state index contributed by atoms with van der Waals surface area (Å²) in [6.07, 6.45) is 0.498. The molecule has 1 saturated heterocycles. The summed E-state index contributed by atoms with van der Waals surface area (Å²) in [6, 6.07) is 6.24. The van der Waals surface area contributed by atoms with Gasteiger partial charge in [-0.1, -0.05) is 5.21 Å². The summed E-state index contributed by atoms with van der Waals surface area (Å²) in [5, 5.41) is 11.7. The number of anilines is 1. The number of nitrogens with zero attached hydrogens (tertiary/aromatic N) is 4. The lowest BCUT2D eigenvalue weighted by molar-refractivity contribution is -0.117. The molecule has 1 aliphatic rings. The first kappa shape index (κ1) is 13.1. The zero-order chi connectivity index (χ0) is 13.9. The lowest BCUT2D eigenvalue weighted by Crippen LogP contribution is -2.43. The first-order valence-electron chi connectivity index (χ1n) is 7.02. The van der Waals surface area contributed by atoms with Crippen molar-refractivity contribution in [2.75, 3.05) is 31.1 Å². The minimum Gasteiger partial charge on any atom is -0.369 e. The molecular formula is C14H19N5O. The lowest BCUT2D eigenvalue weighted by Gasteiger charge is -2.29. The van der Waals surface area contributed by atoms with Crippen molar-refractivity contribution >= 4 is 22.5 Å². The number of fused-ring (bicyclic) bond motifs is 1. The Kier molecular flexibility index (Phi) is 3.64. The summed E-state index contributed by atoms with van der Waals surface area (Å²) in [5.41, 5.74) is 3.08. The smallest absolute Gasteiger partial charge is 0.131 e. The van der Waals surface area contributed by atoms with Gasteiger partial charge in [0, 0.05) is 38.3 Å². The molecule has 20 heavy (non-hydrogen) atoms. The average Bonchev–Trinajstić information content (AvgIpc) is 2.88. The standard InChI is InChI=1S/C14H19N5O/c1-11(20)4-7-19-14-3-2-12(10-13(14)16-17-19)18-8-5-15-6-9-18/h2-3,10,15H,4-9H2,1H3. The number of benzene rings is 1. The van der Waals surface area contributed by atoms with Crippen LogP contribution in [-0.2, 0) is 11.3 Å². The second-order valence-corrected chi connectivity index (χ2v) is 5.17. The molecule has 106 valence electrons. The van der Waals surface area contributed by atoms with Gasteiger partial charge in [0.15, 0.2) is 0 Å². The van der Waals surface area contributed by atoms with E-state index in [2.05, 4.69) is 32.7 Å². The van der Waals surface area contributed by atoms with E-state index in [-0.39, 0.29) is 5.78 Å². The molecule has 0 atom stereocenters. The molecular weight excluding hydrogens is 254 g/mol. The van der Waals surface area contributed by atoms with Crippen molar-refractivity contribution in [1.82, 2.24) is 20.3 Å². The van der Waals surface area contributed by atoms with E-state index < -0.39 is 0 Å². The van der Waals surface area contributed by atoms with Gasteiger partial charge >= 0.3 is 0 Å². The van der Waals surface area contributed by atoms with Gasteiger partial charge in [0.25, 0.3) is 0 Å². The fraction of sp³-hybridized carbons (Fsp3) is 0.500. The molecule has 1 aromatic heterocycles. The Bertz CT molecular complexity index is 615. The summed E-state index contributed by atoms with van der Waals surface area (Å²) < 4.78 is 1.80. The summed E-state index contributed by atoms with van der Waals surface area (Å²) in [7, 11) is 0. The molecule has 1 aliphatic heterocycles. The van der Waals surface area contributed by atoms with Crippen molar-refractivity contribution in [1.29, 1.82) is 0 Å². The SMILES string of the molecule is CC(=O)CCn1nnc2cc(N3CCNCC3)ccc21. The summed E-state index contributed by atoms with van der Waals surface area (Å²) in [4.78, 5) is 13.4. The quantitative estimate of drug-likeness (QED) is 0.893. The lowest BCUT2D eigenvalue weighted by atomic mass is 10.2. The third-order valence-electron chi connectivity index (χ3n) is 3.66. The van der Waals surface area contributed by atoms with Gasteiger partial charge in [-0.3, -0.25) is 4.79 Å². The minimum atomic E-state index is 0.172. The Morgan fingerprint density at radius 1 is 1.35 bits per heavy atom. The molecule has 6 heteroatoms. The van der Waals surface area contributed by atoms with E-state index in [9.17, 15) is 4.79 Å². The Morgan fingerprint density at radius 3 is 2.90 bits per heavy atom. The number of nitrogens with one attached hydrogen (secondary N) is 1. The van der Waals surface area contributed by atoms with Crippen LogP contribution < -0.4 is 10.2 Å². The van der Waals surface area contributed by atoms with Crippen LogP contribution in [-0.4, -0.2) is 47.0 Å². The van der Waals surface area contributed by atoms with Crippen LogP contribution in [0.5, 0.6) is 0 Å². The first-order valence-corrected chi connectivity index (χ1v) is 7.02. The number of rotatable bonds is 4. The normalized spacial score (nSPS) is 15.8. The number of piperazine rings is 1. The van der Waals surface area contributed by atoms with E-state index in [4.69, 9.17) is 0 Å². The Hall–Kier alpha value is -1.95. The predicted molar refractivity (Wildman–Crippen MR) is 77.9 cm³/mol. The Balaban J connectivity index is 1.83. The van der Waals surface area contributed by atoms with Crippen LogP contribution in [0.25, 0.3) is 11.0 Å². The van der Waals surface area contributed by atoms with Crippen LogP contribution in [0, 0.1) is 0 Å². The van der Waals surface area contributed by atoms with Gasteiger partial charge in [0.2, 0.25) is 0 Å². The van der Waals surface area contributed by atoms with Gasteiger partial charge in [0.1, 0.15) is 11.3 Å². The fourth-order valence-corrected chi connectivity index (χ4v) is 2.51. The van der Waals surface area contributed by atoms with Crippen LogP contribution in [0.2, 0.25) is 0 Å². The molecule has 0 unspecified atom stereocenters. The van der Waals surface area contributed by atoms with Crippen molar-refractivity contribution in [2.45, 2.75) is 19.9 Å². The molecule has 0 amide bonds. The highest BCUT2D eigenvalue weighted by Gasteiger charge is 2.12. The predicted octanol–water partition coefficient (Wildman–Crippen LogP) is 0.820. The number of hydrogen-bond acceptors (Lipinski definition) is 5. The Morgan fingerprint density at radius 2 is 2.15 bits per heavy atom. The van der Waals surface area contributed by atoms with E-state index in [1.807, 2.05) is 6.07 Å². The topological polar surface area (TPSA) is 63.1 Å². The number of carbonyl (C=O) groups excluding carboxylic acids is 1. The largest absolute Gasteiger partial charge is 0.369 e. The molecule has 1 N–H and O–H groups in total. The van der Waals surface area contributed by atoms with Crippen LogP contribution >= 0.6 is 0 Å². The molecule has 2 heterocycles. The third kappa shape index (κ3) is 2.65. The molecule has 0 radical (unpaired) electrons. The molecule has 0 aliphatic carbocycles. The number of hydrogen-bond donors (Lipinski definition) is 1. The van der Waals surface area contributed by atoms with Crippen LogP contribution in [0.4, 0.5) is 5.69 Å². The summed E-state index contributed by atoms with van der Waals surface area (Å²) in [5.74, 6) is 0.172. The van der Waals surface area contributed by atoms with Gasteiger partial charge in [0.05, 0.1) is 12.1 Å². The summed E-state index contributed by atoms with van der Waals surface area (Å²) >= 11 is 0. The first-order chi connectivity index (χ1) is 9.74. The molecule has 6 nitrogen and oxygen atoms in total. The molecule has 0 bridgehead atoms. The zero-order valence-electron chi connectivity index (χ0n) is 11.7. The Labute approximate surface area is 117 Å². The highest BCUT2D eigenvalue weighted by atomic mass is 16.1. The average molecular weight is 273 g/mol. The molecule has 1 aromatic carbocycles. The van der Waals surface area contributed by atoms with Gasteiger partial charge in [-0.15, -0.1) is 5.10 Å². The summed E-state index contributed by atoms with van der Waals surface area (Å²) in [6.45, 7) is 6.26. The van der Waals surface area contributed by atoms with Crippen molar-refractivity contribution in [3.8, 4) is 0 Å². The second-order valence-electron chi connectivity index (χ2n) is 5.17. The van der Waals surface area contributed by atoms with E-state index in [1.54, 1.807) is 11.6 Å². The maximum absolute atomic E-state index is 11.1. The maximum atomic E-state index is 11.1. The second kappa shape index (κ2) is 5.58. The number of ketones is 1. The van der Waals surface area contributed by atoms with E-state index in [0.29, 0.717) is 13.0 Å². The number of aryl methyl sites for hydroxylation is 1. The number of aromatic nitrogens is 3. The van der Waals surface area contributed by atoms with Gasteiger partial charge < -0.3 is 10.2 Å². The highest BCUT2D eigenvalue weighted by Crippen LogP contribution is 2.21. The van der Waals surface area contributed by atoms with Gasteiger partial charge in [-0.25, -0.2) is 4.68 Å². The molecule has 0 saturated carbocycles. The highest BCUT2D eigenvalue weighted by molar-refractivity contribution is 5.79. The molecule has 1 fully saturated rings. The minimum absolute atomic E-state index is 0.172. The number of Topliss-reactive ketones (excluding diaryl/α,β-unsaturated/α-hetero) is 1. The van der Waals surface area contributed by atoms with E-state index in [1.165, 1.54) is 5.69 Å². The molecule has 0 spiro atoms. The van der Waals surface area contributed by atoms with Crippen molar-refractivity contribution in [2.24, 2.45) is 0 Å². The van der Waals surface area contributed by atoms with Gasteiger partial charge in [-0.2, -0.15) is 0 Å². The third-order valence-corrected chi connectivity index (χ3v) is 3.66. The monoisotopic (exact) mass is 273 g/mol. The zero-order valence-corrected chi connectivity index (χ0v) is 11.7. The van der Waals surface area contributed by atoms with Crippen molar-refractivity contribution in [3.05, 3.63) is 18.2 Å². The van der Waals surface area contributed by atoms with Crippen LogP contribution in [0.3, 0.4) is 0 Å². The maximum Gasteiger partial charge on any atom is 0.131 e. The molecule has 3 rings (SSSR count). The number of carbonyl (C=O) groups is 1. The molecule has 2 aromatic rings. The van der Waals surface area contributed by atoms with Crippen molar-refractivity contribution in [3.63, 3.8) is 0 Å². The van der Waals surface area contributed by atoms with Crippen LogP contribution in [0.1, 0.15) is 13.3 Å². The fourth-order valence-electron chi connectivity index (χ4n) is 2.51. The van der Waals surface area contributed by atoms with E-state index in [0.717, 1.165) is 37.2 Å². The van der Waals surface area contributed by atoms with Gasteiger partial charge in [-0.05, 0) is 25.1 Å². The van der Waals surface area contributed by atoms with Crippen LogP contribution in [0.15, 0.2) is 18.2 Å².